The van der Waals surface area contributed by atoms with Crippen molar-refractivity contribution in [2.75, 3.05) is 26.2 Å². The third kappa shape index (κ3) is 3.33. The Labute approximate surface area is 127 Å². The van der Waals surface area contributed by atoms with Crippen LogP contribution >= 0.6 is 12.4 Å². The molecule has 2 aliphatic heterocycles. The Balaban J connectivity index is 0.00000147. The molecule has 2 saturated heterocycles. The van der Waals surface area contributed by atoms with Gasteiger partial charge in [-0.3, -0.25) is 4.79 Å². The van der Waals surface area contributed by atoms with Crippen molar-refractivity contribution in [3.63, 3.8) is 0 Å². The molecule has 1 N–H and O–H groups in total. The minimum absolute atomic E-state index is 0. The molecule has 1 amide bonds. The monoisotopic (exact) mass is 294 g/mol. The largest absolute Gasteiger partial charge is 0.342 e. The maximum Gasteiger partial charge on any atom is 0.226 e. The number of aryl methyl sites for hydroxylation is 1. The van der Waals surface area contributed by atoms with E-state index in [1.807, 2.05) is 0 Å². The van der Waals surface area contributed by atoms with E-state index in [4.69, 9.17) is 0 Å². The van der Waals surface area contributed by atoms with Crippen LogP contribution in [0.15, 0.2) is 24.3 Å². The summed E-state index contributed by atoms with van der Waals surface area (Å²) in [5, 5.41) is 3.44. The number of fused-ring (bicyclic) bond motifs is 1. The number of benzene rings is 1. The molecule has 0 spiro atoms. The molecule has 2 aliphatic rings. The number of hydrogen-bond donors (Lipinski definition) is 1. The van der Waals surface area contributed by atoms with Gasteiger partial charge in [-0.25, -0.2) is 0 Å². The maximum absolute atomic E-state index is 12.3. The summed E-state index contributed by atoms with van der Waals surface area (Å²) in [4.78, 5) is 14.4. The summed E-state index contributed by atoms with van der Waals surface area (Å²) >= 11 is 0. The Hall–Kier alpha value is -1.06. The van der Waals surface area contributed by atoms with E-state index in [0.29, 0.717) is 12.3 Å². The molecule has 4 heteroatoms. The van der Waals surface area contributed by atoms with Gasteiger partial charge in [0, 0.05) is 13.1 Å². The smallest absolute Gasteiger partial charge is 0.226 e. The number of nitrogens with one attached hydrogen (secondary N) is 1. The van der Waals surface area contributed by atoms with Gasteiger partial charge in [-0.15, -0.1) is 12.4 Å². The molecule has 2 fully saturated rings. The number of amides is 1. The highest BCUT2D eigenvalue weighted by atomic mass is 35.5. The highest BCUT2D eigenvalue weighted by Crippen LogP contribution is 2.26. The van der Waals surface area contributed by atoms with Gasteiger partial charge >= 0.3 is 0 Å². The van der Waals surface area contributed by atoms with Crippen molar-refractivity contribution < 1.29 is 4.79 Å². The quantitative estimate of drug-likeness (QED) is 0.905. The van der Waals surface area contributed by atoms with E-state index in [1.165, 1.54) is 5.56 Å². The molecule has 2 unspecified atom stereocenters. The molecule has 2 atom stereocenters. The van der Waals surface area contributed by atoms with Gasteiger partial charge in [0.05, 0.1) is 6.42 Å². The summed E-state index contributed by atoms with van der Waals surface area (Å²) in [5.74, 6) is 1.76. The summed E-state index contributed by atoms with van der Waals surface area (Å²) in [6.07, 6.45) is 1.71. The maximum atomic E-state index is 12.3. The van der Waals surface area contributed by atoms with E-state index < -0.39 is 0 Å². The second-order valence-electron chi connectivity index (χ2n) is 5.97. The zero-order valence-electron chi connectivity index (χ0n) is 12.0. The predicted molar refractivity (Wildman–Crippen MR) is 83.2 cm³/mol. The summed E-state index contributed by atoms with van der Waals surface area (Å²) in [5.41, 5.74) is 2.37. The lowest BCUT2D eigenvalue weighted by atomic mass is 9.88. The van der Waals surface area contributed by atoms with Gasteiger partial charge in [-0.05, 0) is 43.8 Å². The molecular weight excluding hydrogens is 272 g/mol. The zero-order chi connectivity index (χ0) is 13.2. The standard InChI is InChI=1S/C16H22N2O.ClH/c1-12-2-4-13(5-3-12)8-16(19)18-7-6-14-9-17-10-15(14)11-18;/h2-5,14-15,17H,6-11H2,1H3;1H. The molecule has 3 nitrogen and oxygen atoms in total. The molecule has 0 bridgehead atoms. The normalized spacial score (nSPS) is 24.9. The van der Waals surface area contributed by atoms with E-state index in [-0.39, 0.29) is 18.3 Å². The van der Waals surface area contributed by atoms with Gasteiger partial charge in [0.25, 0.3) is 0 Å². The van der Waals surface area contributed by atoms with Crippen molar-refractivity contribution in [3.05, 3.63) is 35.4 Å². The minimum atomic E-state index is 0. The number of nitrogens with zero attached hydrogens (tertiary/aromatic N) is 1. The van der Waals surface area contributed by atoms with Crippen molar-refractivity contribution in [2.24, 2.45) is 11.8 Å². The van der Waals surface area contributed by atoms with Gasteiger partial charge < -0.3 is 10.2 Å². The molecule has 110 valence electrons. The van der Waals surface area contributed by atoms with Crippen LogP contribution in [0.5, 0.6) is 0 Å². The molecular formula is C16H23ClN2O. The van der Waals surface area contributed by atoms with E-state index in [9.17, 15) is 4.79 Å². The van der Waals surface area contributed by atoms with Crippen LogP contribution in [-0.2, 0) is 11.2 Å². The number of carbonyl (C=O) groups excluding carboxylic acids is 1. The van der Waals surface area contributed by atoms with Gasteiger partial charge in [0.1, 0.15) is 0 Å². The highest BCUT2D eigenvalue weighted by Gasteiger charge is 2.34. The fourth-order valence-corrected chi connectivity index (χ4v) is 3.25. The Kier molecular flexibility index (Phi) is 5.06. The summed E-state index contributed by atoms with van der Waals surface area (Å²) in [6, 6.07) is 8.29. The average molecular weight is 295 g/mol. The lowest BCUT2D eigenvalue weighted by molar-refractivity contribution is -0.132. The van der Waals surface area contributed by atoms with E-state index in [1.54, 1.807) is 0 Å². The van der Waals surface area contributed by atoms with Crippen LogP contribution in [0.1, 0.15) is 17.5 Å². The fraction of sp³-hybridized carbons (Fsp3) is 0.562. The molecule has 1 aromatic carbocycles. The Bertz CT molecular complexity index is 460. The molecule has 3 rings (SSSR count). The first-order valence-corrected chi connectivity index (χ1v) is 7.26. The minimum Gasteiger partial charge on any atom is -0.342 e. The first-order valence-electron chi connectivity index (χ1n) is 7.26. The van der Waals surface area contributed by atoms with Crippen LogP contribution in [0.2, 0.25) is 0 Å². The van der Waals surface area contributed by atoms with Gasteiger partial charge in [-0.2, -0.15) is 0 Å². The summed E-state index contributed by atoms with van der Waals surface area (Å²) in [6.45, 7) is 6.18. The average Bonchev–Trinajstić information content (AvgIpc) is 2.88. The van der Waals surface area contributed by atoms with Crippen LogP contribution < -0.4 is 5.32 Å². The Morgan fingerprint density at radius 2 is 1.95 bits per heavy atom. The van der Waals surface area contributed by atoms with Gasteiger partial charge in [0.2, 0.25) is 5.91 Å². The third-order valence-electron chi connectivity index (χ3n) is 4.53. The Morgan fingerprint density at radius 1 is 1.25 bits per heavy atom. The van der Waals surface area contributed by atoms with E-state index >= 15 is 0 Å². The predicted octanol–water partition coefficient (Wildman–Crippen LogP) is 2.03. The molecule has 1 aromatic rings. The summed E-state index contributed by atoms with van der Waals surface area (Å²) < 4.78 is 0. The van der Waals surface area contributed by atoms with Crippen molar-refractivity contribution in [2.45, 2.75) is 19.8 Å². The van der Waals surface area contributed by atoms with Crippen molar-refractivity contribution >= 4 is 18.3 Å². The zero-order valence-corrected chi connectivity index (χ0v) is 12.8. The first kappa shape index (κ1) is 15.3. The van der Waals surface area contributed by atoms with Gasteiger partial charge in [0.15, 0.2) is 0 Å². The second-order valence-corrected chi connectivity index (χ2v) is 5.97. The molecule has 0 radical (unpaired) electrons. The van der Waals surface area contributed by atoms with E-state index in [0.717, 1.165) is 44.1 Å². The van der Waals surface area contributed by atoms with Crippen LogP contribution in [-0.4, -0.2) is 37.0 Å². The molecule has 2 heterocycles. The SMILES string of the molecule is Cc1ccc(CC(=O)N2CCC3CNCC3C2)cc1.Cl. The topological polar surface area (TPSA) is 32.3 Å². The fourth-order valence-electron chi connectivity index (χ4n) is 3.25. The van der Waals surface area contributed by atoms with Crippen LogP contribution in [0, 0.1) is 18.8 Å². The lowest BCUT2D eigenvalue weighted by Crippen LogP contribution is -2.44. The number of carbonyl (C=O) groups is 1. The molecule has 20 heavy (non-hydrogen) atoms. The van der Waals surface area contributed by atoms with Crippen molar-refractivity contribution in [1.82, 2.24) is 10.2 Å². The summed E-state index contributed by atoms with van der Waals surface area (Å²) in [7, 11) is 0. The lowest BCUT2D eigenvalue weighted by Gasteiger charge is -2.34. The Morgan fingerprint density at radius 3 is 2.70 bits per heavy atom. The third-order valence-corrected chi connectivity index (χ3v) is 4.53. The number of rotatable bonds is 2. The van der Waals surface area contributed by atoms with Crippen molar-refractivity contribution in [1.29, 1.82) is 0 Å². The number of piperidine rings is 1. The molecule has 0 saturated carbocycles. The van der Waals surface area contributed by atoms with E-state index in [2.05, 4.69) is 41.4 Å². The second kappa shape index (κ2) is 6.59. The first-order chi connectivity index (χ1) is 9.22. The van der Waals surface area contributed by atoms with Gasteiger partial charge in [-0.1, -0.05) is 29.8 Å². The number of halogens is 1. The number of hydrogen-bond acceptors (Lipinski definition) is 2. The van der Waals surface area contributed by atoms with Crippen LogP contribution in [0.25, 0.3) is 0 Å². The van der Waals surface area contributed by atoms with Crippen LogP contribution in [0.4, 0.5) is 0 Å². The molecule has 0 aliphatic carbocycles. The van der Waals surface area contributed by atoms with Crippen molar-refractivity contribution in [3.8, 4) is 0 Å². The van der Waals surface area contributed by atoms with Crippen LogP contribution in [0.3, 0.4) is 0 Å². The number of likely N-dealkylation sites (tertiary alicyclic amines) is 1. The molecule has 0 aromatic heterocycles. The highest BCUT2D eigenvalue weighted by molar-refractivity contribution is 5.85.